The molecule has 4 heteroatoms. The minimum atomic E-state index is -0.610. The van der Waals surface area contributed by atoms with Crippen LogP contribution < -0.4 is 10.1 Å². The van der Waals surface area contributed by atoms with Crippen molar-refractivity contribution in [2.75, 3.05) is 18.5 Å². The SMILES string of the molecule is CCCCCOc1ccc(C2(CC)Nc3ccccc3C(=O)N2CCc2ccccc2)cc1. The van der Waals surface area contributed by atoms with E-state index in [1.165, 1.54) is 18.4 Å². The summed E-state index contributed by atoms with van der Waals surface area (Å²) in [5.41, 5.74) is 3.30. The van der Waals surface area contributed by atoms with Crippen LogP contribution >= 0.6 is 0 Å². The van der Waals surface area contributed by atoms with Gasteiger partial charge in [-0.3, -0.25) is 4.79 Å². The van der Waals surface area contributed by atoms with E-state index >= 15 is 0 Å². The van der Waals surface area contributed by atoms with Gasteiger partial charge in [-0.05, 0) is 54.7 Å². The quantitative estimate of drug-likeness (QED) is 0.358. The summed E-state index contributed by atoms with van der Waals surface area (Å²) in [6.07, 6.45) is 4.98. The van der Waals surface area contributed by atoms with E-state index in [9.17, 15) is 4.79 Å². The van der Waals surface area contributed by atoms with Crippen LogP contribution in [-0.4, -0.2) is 24.0 Å². The first kappa shape index (κ1) is 22.9. The Morgan fingerprint density at radius 1 is 0.879 bits per heavy atom. The summed E-state index contributed by atoms with van der Waals surface area (Å²) < 4.78 is 5.93. The lowest BCUT2D eigenvalue weighted by atomic mass is 9.89. The fourth-order valence-electron chi connectivity index (χ4n) is 4.65. The van der Waals surface area contributed by atoms with Gasteiger partial charge in [-0.15, -0.1) is 0 Å². The summed E-state index contributed by atoms with van der Waals surface area (Å²) in [5, 5.41) is 3.74. The number of fused-ring (bicyclic) bond motifs is 1. The summed E-state index contributed by atoms with van der Waals surface area (Å²) in [5.74, 6) is 0.946. The van der Waals surface area contributed by atoms with Crippen LogP contribution in [0.15, 0.2) is 78.9 Å². The third-order valence-electron chi connectivity index (χ3n) is 6.53. The van der Waals surface area contributed by atoms with Crippen LogP contribution in [-0.2, 0) is 12.1 Å². The molecule has 0 aliphatic carbocycles. The van der Waals surface area contributed by atoms with E-state index in [1.54, 1.807) is 0 Å². The van der Waals surface area contributed by atoms with Crippen molar-refractivity contribution in [2.45, 2.75) is 51.6 Å². The number of anilines is 1. The Balaban J connectivity index is 1.64. The number of benzene rings is 3. The molecule has 1 unspecified atom stereocenters. The number of para-hydroxylation sites is 1. The number of carbonyl (C=O) groups is 1. The molecule has 3 aromatic rings. The van der Waals surface area contributed by atoms with Crippen molar-refractivity contribution in [1.82, 2.24) is 4.90 Å². The molecule has 0 spiro atoms. The number of hydrogen-bond acceptors (Lipinski definition) is 3. The molecule has 1 amide bonds. The highest BCUT2D eigenvalue weighted by Crippen LogP contribution is 2.40. The maximum atomic E-state index is 13.7. The summed E-state index contributed by atoms with van der Waals surface area (Å²) in [6, 6.07) is 26.4. The minimum Gasteiger partial charge on any atom is -0.494 e. The Hall–Kier alpha value is -3.27. The second-order valence-corrected chi connectivity index (χ2v) is 8.66. The van der Waals surface area contributed by atoms with Crippen LogP contribution in [0.1, 0.15) is 61.0 Å². The fourth-order valence-corrected chi connectivity index (χ4v) is 4.65. The highest BCUT2D eigenvalue weighted by atomic mass is 16.5. The van der Waals surface area contributed by atoms with Crippen molar-refractivity contribution >= 4 is 11.6 Å². The Bertz CT molecular complexity index is 1050. The van der Waals surface area contributed by atoms with E-state index in [0.717, 1.165) is 48.4 Å². The van der Waals surface area contributed by atoms with Crippen LogP contribution in [0.3, 0.4) is 0 Å². The van der Waals surface area contributed by atoms with Gasteiger partial charge in [0.15, 0.2) is 0 Å². The first-order chi connectivity index (χ1) is 16.2. The van der Waals surface area contributed by atoms with Gasteiger partial charge in [0.2, 0.25) is 0 Å². The van der Waals surface area contributed by atoms with Crippen LogP contribution in [0.25, 0.3) is 0 Å². The number of unbranched alkanes of at least 4 members (excludes halogenated alkanes) is 2. The topological polar surface area (TPSA) is 41.6 Å². The zero-order valence-corrected chi connectivity index (χ0v) is 19.7. The van der Waals surface area contributed by atoms with Gasteiger partial charge in [0.1, 0.15) is 11.4 Å². The molecular weight excluding hydrogens is 408 g/mol. The van der Waals surface area contributed by atoms with Crippen molar-refractivity contribution in [1.29, 1.82) is 0 Å². The second kappa shape index (κ2) is 10.6. The fraction of sp³-hybridized carbons (Fsp3) is 0.345. The Labute approximate surface area is 197 Å². The van der Waals surface area contributed by atoms with E-state index in [-0.39, 0.29) is 5.91 Å². The monoisotopic (exact) mass is 442 g/mol. The van der Waals surface area contributed by atoms with E-state index in [1.807, 2.05) is 59.5 Å². The molecule has 1 atom stereocenters. The molecule has 1 aliphatic rings. The van der Waals surface area contributed by atoms with Crippen LogP contribution in [0.4, 0.5) is 5.69 Å². The minimum absolute atomic E-state index is 0.0713. The van der Waals surface area contributed by atoms with Crippen LogP contribution in [0.2, 0.25) is 0 Å². The summed E-state index contributed by atoms with van der Waals surface area (Å²) in [6.45, 7) is 5.70. The maximum Gasteiger partial charge on any atom is 0.258 e. The molecule has 0 fully saturated rings. The smallest absolute Gasteiger partial charge is 0.258 e. The van der Waals surface area contributed by atoms with Gasteiger partial charge in [0.05, 0.1) is 12.2 Å². The average molecular weight is 443 g/mol. The van der Waals surface area contributed by atoms with Crippen molar-refractivity contribution in [3.8, 4) is 5.75 Å². The molecule has 1 heterocycles. The van der Waals surface area contributed by atoms with Gasteiger partial charge in [-0.25, -0.2) is 0 Å². The summed E-state index contributed by atoms with van der Waals surface area (Å²) in [7, 11) is 0. The van der Waals surface area contributed by atoms with E-state index in [2.05, 4.69) is 43.4 Å². The Morgan fingerprint density at radius 2 is 1.61 bits per heavy atom. The standard InChI is InChI=1S/C29H34N2O2/c1-3-5-11-22-33-25-18-16-24(17-19-25)29(4-2)30-27-15-10-9-14-26(27)28(32)31(29)21-20-23-12-7-6-8-13-23/h6-10,12-19,30H,3-5,11,20-22H2,1-2H3. The molecule has 4 rings (SSSR count). The third-order valence-corrected chi connectivity index (χ3v) is 6.53. The van der Waals surface area contributed by atoms with Gasteiger partial charge in [0, 0.05) is 12.2 Å². The summed E-state index contributed by atoms with van der Waals surface area (Å²) in [4.78, 5) is 15.7. The van der Waals surface area contributed by atoms with Crippen LogP contribution in [0, 0.1) is 0 Å². The number of hydrogen-bond donors (Lipinski definition) is 1. The van der Waals surface area contributed by atoms with Gasteiger partial charge < -0.3 is 15.0 Å². The first-order valence-corrected chi connectivity index (χ1v) is 12.1. The molecule has 0 bridgehead atoms. The zero-order chi connectivity index (χ0) is 23.1. The van der Waals surface area contributed by atoms with Crippen molar-refractivity contribution in [2.24, 2.45) is 0 Å². The van der Waals surface area contributed by atoms with Gasteiger partial charge >= 0.3 is 0 Å². The molecule has 0 radical (unpaired) electrons. The molecule has 33 heavy (non-hydrogen) atoms. The lowest BCUT2D eigenvalue weighted by Gasteiger charge is -2.48. The molecule has 0 saturated carbocycles. The number of carbonyl (C=O) groups excluding carboxylic acids is 1. The highest BCUT2D eigenvalue weighted by Gasteiger charge is 2.44. The predicted molar refractivity (Wildman–Crippen MR) is 135 cm³/mol. The van der Waals surface area contributed by atoms with Gasteiger partial charge in [-0.1, -0.05) is 81.3 Å². The zero-order valence-electron chi connectivity index (χ0n) is 19.7. The predicted octanol–water partition coefficient (Wildman–Crippen LogP) is 6.63. The van der Waals surface area contributed by atoms with E-state index < -0.39 is 5.66 Å². The van der Waals surface area contributed by atoms with Gasteiger partial charge in [-0.2, -0.15) is 0 Å². The number of ether oxygens (including phenoxy) is 1. The Kier molecular flexibility index (Phi) is 7.33. The van der Waals surface area contributed by atoms with E-state index in [4.69, 9.17) is 4.74 Å². The lowest BCUT2D eigenvalue weighted by molar-refractivity contribution is 0.0487. The highest BCUT2D eigenvalue weighted by molar-refractivity contribution is 6.02. The summed E-state index contributed by atoms with van der Waals surface area (Å²) >= 11 is 0. The van der Waals surface area contributed by atoms with Crippen LogP contribution in [0.5, 0.6) is 5.75 Å². The van der Waals surface area contributed by atoms with Crippen molar-refractivity contribution in [3.63, 3.8) is 0 Å². The number of nitrogens with one attached hydrogen (secondary N) is 1. The molecular formula is C29H34N2O2. The van der Waals surface area contributed by atoms with E-state index in [0.29, 0.717) is 6.54 Å². The number of rotatable bonds is 10. The second-order valence-electron chi connectivity index (χ2n) is 8.66. The molecule has 1 aliphatic heterocycles. The molecule has 0 saturated heterocycles. The third kappa shape index (κ3) is 4.90. The Morgan fingerprint density at radius 3 is 2.33 bits per heavy atom. The molecule has 1 N–H and O–H groups in total. The molecule has 172 valence electrons. The number of nitrogens with zero attached hydrogens (tertiary/aromatic N) is 1. The van der Waals surface area contributed by atoms with Gasteiger partial charge in [0.25, 0.3) is 5.91 Å². The van der Waals surface area contributed by atoms with Crippen molar-refractivity contribution in [3.05, 3.63) is 95.6 Å². The molecule has 3 aromatic carbocycles. The maximum absolute atomic E-state index is 13.7. The first-order valence-electron chi connectivity index (χ1n) is 12.1. The normalized spacial score (nSPS) is 17.4. The van der Waals surface area contributed by atoms with Crippen molar-refractivity contribution < 1.29 is 9.53 Å². The molecule has 0 aromatic heterocycles. The largest absolute Gasteiger partial charge is 0.494 e. The average Bonchev–Trinajstić information content (AvgIpc) is 2.87. The lowest BCUT2D eigenvalue weighted by Crippen LogP contribution is -2.57. The number of amides is 1. The molecule has 4 nitrogen and oxygen atoms in total.